The van der Waals surface area contributed by atoms with Gasteiger partial charge in [-0.25, -0.2) is 0 Å². The first-order valence-corrected chi connectivity index (χ1v) is 39.8. The highest BCUT2D eigenvalue weighted by Gasteiger charge is 2.46. The Labute approximate surface area is 702 Å². The van der Waals surface area contributed by atoms with E-state index in [1.165, 1.54) is 22.3 Å². The number of anilines is 6. The highest BCUT2D eigenvalue weighted by atomic mass is 15.2. The van der Waals surface area contributed by atoms with Crippen molar-refractivity contribution in [3.05, 3.63) is 355 Å². The van der Waals surface area contributed by atoms with Crippen LogP contribution in [0.5, 0.6) is 0 Å². The van der Waals surface area contributed by atoms with E-state index in [2.05, 4.69) is 296 Å². The third kappa shape index (κ3) is 12.7. The van der Waals surface area contributed by atoms with Crippen LogP contribution in [0.4, 0.5) is 34.1 Å². The minimum absolute atomic E-state index is 0.0157. The number of hydrogen-bond donors (Lipinski definition) is 0. The molecular weight excluding hydrogens is 1390 g/mol. The van der Waals surface area contributed by atoms with Crippen LogP contribution >= 0.6 is 0 Å². The van der Waals surface area contributed by atoms with Crippen LogP contribution in [-0.4, -0.2) is 15.8 Å². The summed E-state index contributed by atoms with van der Waals surface area (Å²) in [4.78, 5) is 5.02. The molecule has 0 atom stereocenters. The lowest BCUT2D eigenvalue weighted by Gasteiger charge is -2.46. The Morgan fingerprint density at radius 1 is 0.235 bits per heavy atom. The predicted octanol–water partition coefficient (Wildman–Crippen LogP) is 28.5. The fourth-order valence-electron chi connectivity index (χ4n) is 17.2. The fraction of sp³-hybridized carbons (Fsp3) is 0.182. The minimum Gasteiger partial charge on any atom is -0.311 e. The first kappa shape index (κ1) is 56.7. The lowest BCUT2D eigenvalue weighted by atomic mass is 9.33. The third-order valence-electron chi connectivity index (χ3n) is 23.5. The number of aromatic nitrogens is 2. The molecule has 2 aromatic heterocycles. The third-order valence-corrected chi connectivity index (χ3v) is 23.5. The van der Waals surface area contributed by atoms with Gasteiger partial charge in [-0.2, -0.15) is 0 Å². The normalized spacial score (nSPS) is 15.1. The Balaban J connectivity index is 0.827. The van der Waals surface area contributed by atoms with Crippen LogP contribution in [0.1, 0.15) is 154 Å². The van der Waals surface area contributed by atoms with Crippen molar-refractivity contribution in [2.75, 3.05) is 9.80 Å². The first-order valence-electron chi connectivity index (χ1n) is 47.8. The molecule has 2 aliphatic rings. The Bertz CT molecular complexity index is 7100. The van der Waals surface area contributed by atoms with Crippen LogP contribution in [0.15, 0.2) is 327 Å². The van der Waals surface area contributed by atoms with Gasteiger partial charge in [0, 0.05) is 66.8 Å². The van der Waals surface area contributed by atoms with E-state index in [9.17, 15) is 5.48 Å². The van der Waals surface area contributed by atoms with Gasteiger partial charge in [0.15, 0.2) is 0 Å². The standard InChI is InChI=1S/C110H99BN4/c1-106(2,3)80-60-78(61-81(66-80)107(4,5)6)74-50-56-101-93(64-74)111-94-65-75(79-62-82(108(7,8)9)67-83(63-79)109(10,11)12)51-57-102(94)115(96-41-23-17-35-88(96)77-33-29-31-73(59-77)71-48-54-86(55-49-71)113-99-44-26-20-38-91(99)92-39-21-27-45-100(92)113)104-69-84(110(13,14)15)68-103(105(104)111)114(101)95-40-22-16-34-87(95)76-32-28-30-72(58-76)70-46-52-85(53-47-70)112-97-42-24-18-36-89(97)90-37-19-25-43-98(90)112/h16-69H,1-15H3/i18D,19D,20D,21D,24D,25D,26D,27D,36D,37D,38D,39D,42D,43D,44D,45D. The number of hydrogen-bond acceptors (Lipinski definition) is 2. The molecule has 15 aromatic carbocycles. The molecule has 0 bridgehead atoms. The van der Waals surface area contributed by atoms with Crippen molar-refractivity contribution in [3.8, 4) is 78.1 Å². The van der Waals surface area contributed by atoms with Gasteiger partial charge in [-0.1, -0.05) is 334 Å². The Morgan fingerprint density at radius 2 is 0.530 bits per heavy atom. The van der Waals surface area contributed by atoms with Crippen LogP contribution in [0.2, 0.25) is 0 Å². The number of nitrogens with zero attached hydrogens (tertiary/aromatic N) is 4. The van der Waals surface area contributed by atoms with Crippen molar-refractivity contribution in [1.29, 1.82) is 0 Å². The van der Waals surface area contributed by atoms with Gasteiger partial charge in [0.1, 0.15) is 0 Å². The highest BCUT2D eigenvalue weighted by molar-refractivity contribution is 7.00. The molecule has 0 fully saturated rings. The summed E-state index contributed by atoms with van der Waals surface area (Å²) < 4.78 is 146. The number of benzene rings is 15. The molecule has 17 aromatic rings. The molecule has 0 saturated carbocycles. The molecule has 0 N–H and O–H groups in total. The largest absolute Gasteiger partial charge is 0.311 e. The zero-order valence-electron chi connectivity index (χ0n) is 83.8. The molecule has 19 rings (SSSR count). The van der Waals surface area contributed by atoms with Gasteiger partial charge in [0.05, 0.1) is 55.4 Å². The maximum absolute atomic E-state index is 9.25. The van der Waals surface area contributed by atoms with Gasteiger partial charge in [-0.3, -0.25) is 0 Å². The summed E-state index contributed by atoms with van der Waals surface area (Å²) in [5, 5.41) is 0.0628. The first-order chi connectivity index (χ1) is 61.8. The van der Waals surface area contributed by atoms with Crippen molar-refractivity contribution >= 4 is 101 Å². The molecule has 115 heavy (non-hydrogen) atoms. The molecule has 0 radical (unpaired) electrons. The molecule has 2 aliphatic heterocycles. The summed E-state index contributed by atoms with van der Waals surface area (Å²) in [5.74, 6) is 0. The van der Waals surface area contributed by atoms with Gasteiger partial charge >= 0.3 is 0 Å². The molecule has 0 unspecified atom stereocenters. The molecule has 0 aliphatic carbocycles. The number of fused-ring (bicyclic) bond motifs is 10. The van der Waals surface area contributed by atoms with Crippen molar-refractivity contribution in [1.82, 2.24) is 9.13 Å². The summed E-state index contributed by atoms with van der Waals surface area (Å²) in [6, 6.07) is 75.9. The molecule has 5 heteroatoms. The second-order valence-corrected chi connectivity index (χ2v) is 36.3. The molecule has 562 valence electrons. The lowest BCUT2D eigenvalue weighted by molar-refractivity contribution is 0.568. The maximum atomic E-state index is 9.25. The molecule has 0 amide bonds. The summed E-state index contributed by atoms with van der Waals surface area (Å²) in [5.41, 5.74) is 26.9. The van der Waals surface area contributed by atoms with Gasteiger partial charge in [0.2, 0.25) is 0 Å². The van der Waals surface area contributed by atoms with E-state index in [1.807, 2.05) is 48.5 Å². The lowest BCUT2D eigenvalue weighted by Crippen LogP contribution is -2.61. The van der Waals surface area contributed by atoms with E-state index in [1.54, 1.807) is 9.13 Å². The topological polar surface area (TPSA) is 16.3 Å². The van der Waals surface area contributed by atoms with Crippen LogP contribution in [0, 0.1) is 0 Å². The van der Waals surface area contributed by atoms with Gasteiger partial charge in [0.25, 0.3) is 6.71 Å². The van der Waals surface area contributed by atoms with Crippen molar-refractivity contribution < 1.29 is 21.9 Å². The smallest absolute Gasteiger partial charge is 0.252 e. The molecule has 0 saturated heterocycles. The minimum atomic E-state index is -0.499. The zero-order valence-corrected chi connectivity index (χ0v) is 67.8. The molecule has 4 heterocycles. The summed E-state index contributed by atoms with van der Waals surface area (Å²) in [6.45, 7) is 33.9. The van der Waals surface area contributed by atoms with E-state index in [4.69, 9.17) is 16.4 Å². The van der Waals surface area contributed by atoms with Gasteiger partial charge < -0.3 is 18.9 Å². The zero-order chi connectivity index (χ0) is 93.3. The van der Waals surface area contributed by atoms with E-state index in [0.29, 0.717) is 11.4 Å². The average molecular weight is 1500 g/mol. The molecule has 0 spiro atoms. The van der Waals surface area contributed by atoms with Crippen LogP contribution in [0.3, 0.4) is 0 Å². The quantitative estimate of drug-likeness (QED) is 0.127. The van der Waals surface area contributed by atoms with E-state index < -0.39 is 77.9 Å². The molecular formula is C110H99BN4. The van der Waals surface area contributed by atoms with Gasteiger partial charge in [-0.15, -0.1) is 0 Å². The van der Waals surface area contributed by atoms with Crippen LogP contribution < -0.4 is 26.2 Å². The second-order valence-electron chi connectivity index (χ2n) is 36.3. The number of rotatable bonds is 10. The summed E-state index contributed by atoms with van der Waals surface area (Å²) in [6.07, 6.45) is 0. The van der Waals surface area contributed by atoms with E-state index >= 15 is 0 Å². The Morgan fingerprint density at radius 3 is 0.870 bits per heavy atom. The Hall–Kier alpha value is -12.4. The summed E-state index contributed by atoms with van der Waals surface area (Å²) in [7, 11) is 0. The van der Waals surface area contributed by atoms with Crippen molar-refractivity contribution in [2.45, 2.75) is 131 Å². The SMILES string of the molecule is [2H]c1c([2H])c([2H])c2c(c1[2H])c1c([2H])c([2H])c([2H])c([2H])c1n2-c1ccc(-c2cccc(-c3ccccc3N3c4ccc(-c5cc(C(C)(C)C)cc(C(C)(C)C)c5)cc4B4c5cc(-c6cc(C(C)(C)C)cc(C(C)(C)C)c6)ccc5N(c5ccccc5-c5cccc(-c6ccc(-n7c8c([2H])c([2H])c([2H])c([2H])c8c8c([2H])c([2H])c([2H])c([2H])c87)cc6)c5)c5cc(C(C)(C)C)cc3c54)c2)cc1. The maximum Gasteiger partial charge on any atom is 0.252 e. The predicted molar refractivity (Wildman–Crippen MR) is 495 cm³/mol. The average Bonchev–Trinajstić information content (AvgIpc) is 1.40. The van der Waals surface area contributed by atoms with Crippen LogP contribution in [0.25, 0.3) is 122 Å². The number of para-hydroxylation sites is 6. The second kappa shape index (κ2) is 27.1. The van der Waals surface area contributed by atoms with Crippen molar-refractivity contribution in [2.24, 2.45) is 0 Å². The molecule has 4 nitrogen and oxygen atoms in total. The van der Waals surface area contributed by atoms with E-state index in [-0.39, 0.29) is 96.2 Å². The van der Waals surface area contributed by atoms with Crippen molar-refractivity contribution in [3.63, 3.8) is 0 Å². The Kier molecular flexibility index (Phi) is 13.4. The van der Waals surface area contributed by atoms with Gasteiger partial charge in [-0.05, 0) is 224 Å². The summed E-state index contributed by atoms with van der Waals surface area (Å²) >= 11 is 0. The highest BCUT2D eigenvalue weighted by Crippen LogP contribution is 2.52. The fourth-order valence-corrected chi connectivity index (χ4v) is 17.2. The van der Waals surface area contributed by atoms with Crippen LogP contribution in [-0.2, 0) is 27.1 Å². The monoisotopic (exact) mass is 1500 g/mol. The van der Waals surface area contributed by atoms with E-state index in [0.717, 1.165) is 123 Å².